The minimum atomic E-state index is -0.422. The van der Waals surface area contributed by atoms with Gasteiger partial charge in [-0.25, -0.2) is 4.98 Å². The second kappa shape index (κ2) is 14.6. The van der Waals surface area contributed by atoms with Crippen molar-refractivity contribution in [1.29, 1.82) is 0 Å². The number of fused-ring (bicyclic) bond motifs is 1. The van der Waals surface area contributed by atoms with Crippen LogP contribution in [0.4, 0.5) is 17.2 Å². The summed E-state index contributed by atoms with van der Waals surface area (Å²) in [5.41, 5.74) is 5.57. The molecule has 1 aliphatic heterocycles. The summed E-state index contributed by atoms with van der Waals surface area (Å²) >= 11 is 1.59. The van der Waals surface area contributed by atoms with Crippen LogP contribution < -0.4 is 21.5 Å². The lowest BCUT2D eigenvalue weighted by Gasteiger charge is -2.33. The second-order valence-corrected chi connectivity index (χ2v) is 13.3. The first-order valence-electron chi connectivity index (χ1n) is 16.4. The van der Waals surface area contributed by atoms with Crippen molar-refractivity contribution in [3.8, 4) is 11.3 Å². The Balaban J connectivity index is 1.22. The summed E-state index contributed by atoms with van der Waals surface area (Å²) in [6.07, 6.45) is 7.01. The quantitative estimate of drug-likeness (QED) is 0.204. The molecule has 0 saturated carbocycles. The van der Waals surface area contributed by atoms with E-state index in [0.29, 0.717) is 49.9 Å². The maximum Gasteiger partial charge on any atom is 0.293 e. The molecule has 1 atom stereocenters. The lowest BCUT2D eigenvalue weighted by molar-refractivity contribution is -0.128. The van der Waals surface area contributed by atoms with Crippen molar-refractivity contribution in [2.45, 2.75) is 52.0 Å². The fraction of sp³-hybridized carbons (Fsp3) is 0.389. The molecule has 2 aliphatic rings. The summed E-state index contributed by atoms with van der Waals surface area (Å²) in [5.74, 6) is 0.0461. The van der Waals surface area contributed by atoms with E-state index in [1.165, 1.54) is 27.8 Å². The Kier molecular flexibility index (Phi) is 10.1. The van der Waals surface area contributed by atoms with E-state index in [4.69, 9.17) is 9.72 Å². The zero-order valence-corrected chi connectivity index (χ0v) is 28.0. The summed E-state index contributed by atoms with van der Waals surface area (Å²) in [5, 5.41) is 9.34. The molecule has 4 aromatic rings. The molecule has 1 unspecified atom stereocenters. The van der Waals surface area contributed by atoms with Crippen molar-refractivity contribution < 1.29 is 14.3 Å². The molecule has 2 aromatic carbocycles. The molecule has 10 nitrogen and oxygen atoms in total. The Morgan fingerprint density at radius 1 is 1.06 bits per heavy atom. The minimum Gasteiger partial charge on any atom is -0.379 e. The van der Waals surface area contributed by atoms with E-state index < -0.39 is 6.04 Å². The molecule has 0 radical (unpaired) electrons. The SMILES string of the molecule is CCCNC(=O)C(c1ccc(Nc2nc(-c3cccc(NC(=O)c4cc5c(s4)CCCC5)c3C)cn(C)c2=O)cc1)N1CCOCC1. The molecule has 1 fully saturated rings. The second-order valence-electron chi connectivity index (χ2n) is 12.2. The van der Waals surface area contributed by atoms with Gasteiger partial charge in [-0.15, -0.1) is 11.3 Å². The Bertz CT molecular complexity index is 1790. The van der Waals surface area contributed by atoms with E-state index >= 15 is 0 Å². The number of rotatable bonds is 10. The Labute approximate surface area is 279 Å². The van der Waals surface area contributed by atoms with Crippen molar-refractivity contribution >= 4 is 40.3 Å². The number of amides is 2. The third-order valence-corrected chi connectivity index (χ3v) is 10.1. The number of morpholine rings is 1. The van der Waals surface area contributed by atoms with Crippen molar-refractivity contribution in [3.05, 3.63) is 91.5 Å². The summed E-state index contributed by atoms with van der Waals surface area (Å²) in [4.78, 5) is 48.5. The molecule has 47 heavy (non-hydrogen) atoms. The van der Waals surface area contributed by atoms with Crippen LogP contribution in [0.1, 0.15) is 63.5 Å². The Morgan fingerprint density at radius 2 is 1.83 bits per heavy atom. The van der Waals surface area contributed by atoms with Gasteiger partial charge in [-0.1, -0.05) is 31.2 Å². The highest BCUT2D eigenvalue weighted by Crippen LogP contribution is 2.32. The van der Waals surface area contributed by atoms with E-state index in [2.05, 4.69) is 20.9 Å². The monoisotopic (exact) mass is 654 g/mol. The number of nitrogens with one attached hydrogen (secondary N) is 3. The number of thiophene rings is 1. The highest BCUT2D eigenvalue weighted by molar-refractivity contribution is 7.14. The number of carbonyl (C=O) groups excluding carboxylic acids is 2. The van der Waals surface area contributed by atoms with Gasteiger partial charge in [0, 0.05) is 54.7 Å². The van der Waals surface area contributed by atoms with Crippen LogP contribution >= 0.6 is 11.3 Å². The highest BCUT2D eigenvalue weighted by atomic mass is 32.1. The number of hydrogen-bond acceptors (Lipinski definition) is 8. The van der Waals surface area contributed by atoms with Gasteiger partial charge in [0.2, 0.25) is 5.91 Å². The molecule has 1 aliphatic carbocycles. The fourth-order valence-electron chi connectivity index (χ4n) is 6.25. The first-order chi connectivity index (χ1) is 22.8. The largest absolute Gasteiger partial charge is 0.379 e. The van der Waals surface area contributed by atoms with Crippen LogP contribution in [0.3, 0.4) is 0 Å². The average molecular weight is 655 g/mol. The Hall–Kier alpha value is -4.32. The number of hydrogen-bond donors (Lipinski definition) is 3. The minimum absolute atomic E-state index is 0.0269. The summed E-state index contributed by atoms with van der Waals surface area (Å²) < 4.78 is 7.02. The fourth-order valence-corrected chi connectivity index (χ4v) is 7.40. The maximum absolute atomic E-state index is 13.2. The van der Waals surface area contributed by atoms with Crippen molar-refractivity contribution in [2.75, 3.05) is 43.5 Å². The van der Waals surface area contributed by atoms with Gasteiger partial charge in [0.25, 0.3) is 11.5 Å². The van der Waals surface area contributed by atoms with Crippen LogP contribution in [0.25, 0.3) is 11.3 Å². The van der Waals surface area contributed by atoms with Crippen LogP contribution in [0.15, 0.2) is 59.5 Å². The van der Waals surface area contributed by atoms with E-state index in [9.17, 15) is 14.4 Å². The molecule has 0 spiro atoms. The number of ether oxygens (including phenoxy) is 1. The molecule has 246 valence electrons. The lowest BCUT2D eigenvalue weighted by atomic mass is 9.99. The zero-order chi connectivity index (χ0) is 32.9. The van der Waals surface area contributed by atoms with Crippen LogP contribution in [0.2, 0.25) is 0 Å². The summed E-state index contributed by atoms with van der Waals surface area (Å²) in [7, 11) is 1.70. The Morgan fingerprint density at radius 3 is 2.57 bits per heavy atom. The lowest BCUT2D eigenvalue weighted by Crippen LogP contribution is -2.45. The number of carbonyl (C=O) groups is 2. The predicted octanol–water partition coefficient (Wildman–Crippen LogP) is 5.59. The van der Waals surface area contributed by atoms with Gasteiger partial charge in [0.15, 0.2) is 5.82 Å². The van der Waals surface area contributed by atoms with Crippen LogP contribution in [-0.4, -0.2) is 59.1 Å². The number of aryl methyl sites for hydroxylation is 3. The number of anilines is 3. The van der Waals surface area contributed by atoms with Crippen molar-refractivity contribution in [3.63, 3.8) is 0 Å². The molecule has 2 amide bonds. The molecule has 3 N–H and O–H groups in total. The van der Waals surface area contributed by atoms with Gasteiger partial charge in [-0.05, 0) is 80.0 Å². The van der Waals surface area contributed by atoms with E-state index in [1.807, 2.05) is 62.4 Å². The third kappa shape index (κ3) is 7.32. The molecular weight excluding hydrogens is 613 g/mol. The molecule has 2 aromatic heterocycles. The first kappa shape index (κ1) is 32.6. The smallest absolute Gasteiger partial charge is 0.293 e. The van der Waals surface area contributed by atoms with Gasteiger partial charge in [0.05, 0.1) is 23.8 Å². The van der Waals surface area contributed by atoms with E-state index in [-0.39, 0.29) is 23.2 Å². The van der Waals surface area contributed by atoms with Gasteiger partial charge >= 0.3 is 0 Å². The van der Waals surface area contributed by atoms with Gasteiger partial charge in [-0.3, -0.25) is 19.3 Å². The third-order valence-electron chi connectivity index (χ3n) is 8.85. The molecule has 6 rings (SSSR count). The highest BCUT2D eigenvalue weighted by Gasteiger charge is 2.29. The van der Waals surface area contributed by atoms with Crippen LogP contribution in [-0.2, 0) is 29.4 Å². The van der Waals surface area contributed by atoms with Gasteiger partial charge < -0.3 is 25.3 Å². The van der Waals surface area contributed by atoms with Crippen molar-refractivity contribution in [2.24, 2.45) is 7.05 Å². The number of aromatic nitrogens is 2. The number of benzene rings is 2. The van der Waals surface area contributed by atoms with Gasteiger partial charge in [-0.2, -0.15) is 0 Å². The van der Waals surface area contributed by atoms with Crippen LogP contribution in [0, 0.1) is 6.92 Å². The van der Waals surface area contributed by atoms with E-state index in [1.54, 1.807) is 24.6 Å². The van der Waals surface area contributed by atoms with Gasteiger partial charge in [0.1, 0.15) is 6.04 Å². The summed E-state index contributed by atoms with van der Waals surface area (Å²) in [6.45, 7) is 7.14. The zero-order valence-electron chi connectivity index (χ0n) is 27.2. The average Bonchev–Trinajstić information content (AvgIpc) is 3.53. The summed E-state index contributed by atoms with van der Waals surface area (Å²) in [6, 6.07) is 14.9. The number of nitrogens with zero attached hydrogens (tertiary/aromatic N) is 3. The first-order valence-corrected chi connectivity index (χ1v) is 17.2. The molecule has 1 saturated heterocycles. The molecular formula is C36H42N6O4S. The molecule has 3 heterocycles. The predicted molar refractivity (Wildman–Crippen MR) is 187 cm³/mol. The maximum atomic E-state index is 13.2. The van der Waals surface area contributed by atoms with Crippen molar-refractivity contribution in [1.82, 2.24) is 19.8 Å². The van der Waals surface area contributed by atoms with Crippen LogP contribution in [0.5, 0.6) is 0 Å². The standard InChI is InChI=1S/C36H42N6O4S/c1-4-16-37-35(44)32(42-17-19-46-20-18-42)24-12-14-26(15-13-24)38-33-36(45)41(3)22-29(39-33)27-9-7-10-28(23(27)2)40-34(43)31-21-25-8-5-6-11-30(25)47-31/h7,9-10,12-15,21-22,32H,4-6,8,11,16-20H2,1-3H3,(H,37,44)(H,38,39)(H,40,43). The topological polar surface area (TPSA) is 118 Å². The molecule has 11 heteroatoms. The van der Waals surface area contributed by atoms with E-state index in [0.717, 1.165) is 40.8 Å². The normalized spacial score (nSPS) is 15.5. The molecule has 0 bridgehead atoms.